The highest BCUT2D eigenvalue weighted by molar-refractivity contribution is 7.99. The highest BCUT2D eigenvalue weighted by atomic mass is 32.2. The van der Waals surface area contributed by atoms with Gasteiger partial charge in [-0.2, -0.15) is 0 Å². The predicted molar refractivity (Wildman–Crippen MR) is 59.7 cm³/mol. The van der Waals surface area contributed by atoms with E-state index in [1.807, 2.05) is 30.0 Å². The van der Waals surface area contributed by atoms with Gasteiger partial charge in [-0.05, 0) is 12.1 Å². The van der Waals surface area contributed by atoms with E-state index in [1.165, 1.54) is 0 Å². The largest absolute Gasteiger partial charge is 0.384 e. The standard InChI is InChI=1S/C10H16N2S/c1-10(2,3)13-7-8-5-4-6-9(11)12-8/h4-6H,7H2,1-3H3,(H2,11,12). The van der Waals surface area contributed by atoms with Crippen molar-refractivity contribution in [2.24, 2.45) is 0 Å². The van der Waals surface area contributed by atoms with Gasteiger partial charge in [0.15, 0.2) is 0 Å². The zero-order chi connectivity index (χ0) is 9.90. The van der Waals surface area contributed by atoms with Crippen LogP contribution < -0.4 is 5.73 Å². The maximum Gasteiger partial charge on any atom is 0.123 e. The average Bonchev–Trinajstić information content (AvgIpc) is 2.00. The van der Waals surface area contributed by atoms with Crippen LogP contribution in [0.1, 0.15) is 26.5 Å². The monoisotopic (exact) mass is 196 g/mol. The number of nitrogens with two attached hydrogens (primary N) is 1. The number of hydrogen-bond acceptors (Lipinski definition) is 3. The minimum Gasteiger partial charge on any atom is -0.384 e. The third-order valence-electron chi connectivity index (χ3n) is 1.48. The van der Waals surface area contributed by atoms with Gasteiger partial charge in [-0.3, -0.25) is 0 Å². The first-order valence-corrected chi connectivity index (χ1v) is 5.31. The molecular weight excluding hydrogens is 180 g/mol. The molecule has 1 rings (SSSR count). The summed E-state index contributed by atoms with van der Waals surface area (Å²) in [5, 5.41) is 0. The van der Waals surface area contributed by atoms with Crippen molar-refractivity contribution in [3.8, 4) is 0 Å². The number of hydrogen-bond donors (Lipinski definition) is 1. The third-order valence-corrected chi connectivity index (χ3v) is 2.79. The molecule has 2 N–H and O–H groups in total. The smallest absolute Gasteiger partial charge is 0.123 e. The fraction of sp³-hybridized carbons (Fsp3) is 0.500. The van der Waals surface area contributed by atoms with Crippen LogP contribution in [0.15, 0.2) is 18.2 Å². The van der Waals surface area contributed by atoms with Gasteiger partial charge in [0.2, 0.25) is 0 Å². The summed E-state index contributed by atoms with van der Waals surface area (Å²) in [6, 6.07) is 5.77. The molecule has 1 aromatic heterocycles. The Hall–Kier alpha value is -0.700. The number of thioether (sulfide) groups is 1. The summed E-state index contributed by atoms with van der Waals surface area (Å²) >= 11 is 1.88. The fourth-order valence-corrected chi connectivity index (χ4v) is 1.61. The van der Waals surface area contributed by atoms with Gasteiger partial charge in [0.05, 0.1) is 5.69 Å². The van der Waals surface area contributed by atoms with Crippen LogP contribution in [0.25, 0.3) is 0 Å². The van der Waals surface area contributed by atoms with E-state index >= 15 is 0 Å². The molecule has 0 fully saturated rings. The van der Waals surface area contributed by atoms with Crippen LogP contribution >= 0.6 is 11.8 Å². The first kappa shape index (κ1) is 10.4. The number of nitrogen functional groups attached to an aromatic ring is 1. The average molecular weight is 196 g/mol. The fourth-order valence-electron chi connectivity index (χ4n) is 0.869. The van der Waals surface area contributed by atoms with E-state index in [-0.39, 0.29) is 4.75 Å². The number of anilines is 1. The number of rotatable bonds is 2. The minimum absolute atomic E-state index is 0.284. The third kappa shape index (κ3) is 4.18. The Kier molecular flexibility index (Phi) is 3.20. The van der Waals surface area contributed by atoms with E-state index in [2.05, 4.69) is 25.8 Å². The van der Waals surface area contributed by atoms with Gasteiger partial charge in [0, 0.05) is 10.5 Å². The van der Waals surface area contributed by atoms with Crippen LogP contribution in [-0.2, 0) is 5.75 Å². The Morgan fingerprint density at radius 3 is 2.62 bits per heavy atom. The summed E-state index contributed by atoms with van der Waals surface area (Å²) in [7, 11) is 0. The zero-order valence-electron chi connectivity index (χ0n) is 8.37. The van der Waals surface area contributed by atoms with Crippen LogP contribution in [0.3, 0.4) is 0 Å². The second kappa shape index (κ2) is 4.01. The molecule has 1 heterocycles. The molecule has 0 aliphatic carbocycles. The van der Waals surface area contributed by atoms with Gasteiger partial charge in [0.1, 0.15) is 5.82 Å². The van der Waals surface area contributed by atoms with Crippen molar-refractivity contribution in [3.63, 3.8) is 0 Å². The van der Waals surface area contributed by atoms with E-state index in [0.717, 1.165) is 11.4 Å². The van der Waals surface area contributed by atoms with Crippen LogP contribution in [0.5, 0.6) is 0 Å². The Labute approximate surface area is 83.9 Å². The van der Waals surface area contributed by atoms with Crippen molar-refractivity contribution in [3.05, 3.63) is 23.9 Å². The van der Waals surface area contributed by atoms with Crippen LogP contribution in [-0.4, -0.2) is 9.73 Å². The minimum atomic E-state index is 0.284. The quantitative estimate of drug-likeness (QED) is 0.790. The molecule has 0 radical (unpaired) electrons. The van der Waals surface area contributed by atoms with Crippen molar-refractivity contribution < 1.29 is 0 Å². The van der Waals surface area contributed by atoms with E-state index in [4.69, 9.17) is 5.73 Å². The SMILES string of the molecule is CC(C)(C)SCc1cccc(N)n1. The molecule has 0 amide bonds. The van der Waals surface area contributed by atoms with Crippen molar-refractivity contribution in [1.82, 2.24) is 4.98 Å². The second-order valence-electron chi connectivity index (χ2n) is 3.95. The van der Waals surface area contributed by atoms with Gasteiger partial charge < -0.3 is 5.73 Å². The van der Waals surface area contributed by atoms with Crippen molar-refractivity contribution >= 4 is 17.6 Å². The van der Waals surface area contributed by atoms with Crippen molar-refractivity contribution in [2.75, 3.05) is 5.73 Å². The molecule has 13 heavy (non-hydrogen) atoms. The summed E-state index contributed by atoms with van der Waals surface area (Å²) in [4.78, 5) is 4.23. The molecule has 1 aromatic rings. The lowest BCUT2D eigenvalue weighted by Gasteiger charge is -2.16. The van der Waals surface area contributed by atoms with Gasteiger partial charge in [-0.15, -0.1) is 11.8 Å². The zero-order valence-corrected chi connectivity index (χ0v) is 9.19. The molecular formula is C10H16N2S. The highest BCUT2D eigenvalue weighted by Crippen LogP contribution is 2.26. The summed E-state index contributed by atoms with van der Waals surface area (Å²) in [5.41, 5.74) is 6.63. The lowest BCUT2D eigenvalue weighted by Crippen LogP contribution is -2.08. The molecule has 0 saturated heterocycles. The van der Waals surface area contributed by atoms with E-state index < -0.39 is 0 Å². The summed E-state index contributed by atoms with van der Waals surface area (Å²) < 4.78 is 0.284. The molecule has 2 nitrogen and oxygen atoms in total. The predicted octanol–water partition coefficient (Wildman–Crippen LogP) is 2.70. The number of pyridine rings is 1. The number of aromatic nitrogens is 1. The maximum absolute atomic E-state index is 5.58. The summed E-state index contributed by atoms with van der Waals surface area (Å²) in [6.07, 6.45) is 0. The lowest BCUT2D eigenvalue weighted by atomic mass is 10.3. The molecule has 0 aliphatic heterocycles. The lowest BCUT2D eigenvalue weighted by molar-refractivity contribution is 0.801. The van der Waals surface area contributed by atoms with E-state index in [9.17, 15) is 0 Å². The molecule has 0 aromatic carbocycles. The van der Waals surface area contributed by atoms with Crippen molar-refractivity contribution in [1.29, 1.82) is 0 Å². The molecule has 0 spiro atoms. The van der Waals surface area contributed by atoms with Gasteiger partial charge in [-0.1, -0.05) is 26.8 Å². The Morgan fingerprint density at radius 2 is 2.08 bits per heavy atom. The van der Waals surface area contributed by atoms with E-state index in [1.54, 1.807) is 0 Å². The van der Waals surface area contributed by atoms with Gasteiger partial charge in [-0.25, -0.2) is 4.98 Å². The normalized spacial score (nSPS) is 11.6. The van der Waals surface area contributed by atoms with Gasteiger partial charge >= 0.3 is 0 Å². The Balaban J connectivity index is 2.55. The summed E-state index contributed by atoms with van der Waals surface area (Å²) in [6.45, 7) is 6.60. The highest BCUT2D eigenvalue weighted by Gasteiger charge is 2.10. The molecule has 0 bridgehead atoms. The molecule has 3 heteroatoms. The van der Waals surface area contributed by atoms with E-state index in [0.29, 0.717) is 5.82 Å². The topological polar surface area (TPSA) is 38.9 Å². The number of nitrogens with zero attached hydrogens (tertiary/aromatic N) is 1. The molecule has 72 valence electrons. The maximum atomic E-state index is 5.58. The Morgan fingerprint density at radius 1 is 1.38 bits per heavy atom. The van der Waals surface area contributed by atoms with Crippen LogP contribution in [0.2, 0.25) is 0 Å². The van der Waals surface area contributed by atoms with Gasteiger partial charge in [0.25, 0.3) is 0 Å². The van der Waals surface area contributed by atoms with Crippen molar-refractivity contribution in [2.45, 2.75) is 31.3 Å². The van der Waals surface area contributed by atoms with Crippen LogP contribution in [0.4, 0.5) is 5.82 Å². The first-order valence-electron chi connectivity index (χ1n) is 4.33. The Bertz CT molecular complexity index is 278. The molecule has 0 aliphatic rings. The summed E-state index contributed by atoms with van der Waals surface area (Å²) in [5.74, 6) is 1.53. The molecule has 0 saturated carbocycles. The molecule has 0 atom stereocenters. The first-order chi connectivity index (χ1) is 5.97. The molecule has 0 unspecified atom stereocenters. The second-order valence-corrected chi connectivity index (χ2v) is 5.76. The van der Waals surface area contributed by atoms with Crippen LogP contribution in [0, 0.1) is 0 Å².